The summed E-state index contributed by atoms with van der Waals surface area (Å²) < 4.78 is 26.1. The first kappa shape index (κ1) is 22.0. The molecule has 164 valence electrons. The first-order chi connectivity index (χ1) is 15.7. The lowest BCUT2D eigenvalue weighted by Crippen LogP contribution is -2.07. The van der Waals surface area contributed by atoms with Crippen LogP contribution in [0.4, 0.5) is 4.39 Å². The molecule has 2 aromatic carbocycles. The zero-order chi connectivity index (χ0) is 22.2. The molecular weight excluding hydrogens is 427 g/mol. The molecule has 0 aliphatic heterocycles. The molecule has 0 radical (unpaired) electrons. The van der Waals surface area contributed by atoms with E-state index in [4.69, 9.17) is 9.47 Å². The molecular formula is C24H23FN4O2S. The number of nitrogens with zero attached hydrogens (tertiary/aromatic N) is 4. The second-order valence-electron chi connectivity index (χ2n) is 7.03. The zero-order valence-corrected chi connectivity index (χ0v) is 18.5. The lowest BCUT2D eigenvalue weighted by molar-refractivity contribution is 0.185. The third-order valence-electron chi connectivity index (χ3n) is 4.78. The highest BCUT2D eigenvalue weighted by Gasteiger charge is 2.14. The van der Waals surface area contributed by atoms with Gasteiger partial charge in [-0.3, -0.25) is 9.55 Å². The van der Waals surface area contributed by atoms with E-state index >= 15 is 0 Å². The monoisotopic (exact) mass is 450 g/mol. The van der Waals surface area contributed by atoms with Gasteiger partial charge >= 0.3 is 0 Å². The van der Waals surface area contributed by atoms with Gasteiger partial charge in [0, 0.05) is 30.8 Å². The molecule has 0 spiro atoms. The fourth-order valence-corrected chi connectivity index (χ4v) is 3.99. The Balaban J connectivity index is 1.38. The van der Waals surface area contributed by atoms with Crippen LogP contribution in [-0.2, 0) is 23.6 Å². The summed E-state index contributed by atoms with van der Waals surface area (Å²) in [7, 11) is 1.68. The molecule has 0 fully saturated rings. The van der Waals surface area contributed by atoms with Gasteiger partial charge in [0.2, 0.25) is 0 Å². The van der Waals surface area contributed by atoms with Crippen molar-refractivity contribution < 1.29 is 13.9 Å². The highest BCUT2D eigenvalue weighted by Crippen LogP contribution is 2.27. The summed E-state index contributed by atoms with van der Waals surface area (Å²) in [6.45, 7) is 1.64. The van der Waals surface area contributed by atoms with E-state index in [1.807, 2.05) is 36.4 Å². The van der Waals surface area contributed by atoms with Crippen molar-refractivity contribution in [3.8, 4) is 17.1 Å². The van der Waals surface area contributed by atoms with E-state index in [0.717, 1.165) is 39.2 Å². The van der Waals surface area contributed by atoms with Crippen molar-refractivity contribution in [2.45, 2.75) is 24.1 Å². The molecule has 4 rings (SSSR count). The number of methoxy groups -OCH3 is 1. The van der Waals surface area contributed by atoms with Crippen molar-refractivity contribution in [1.82, 2.24) is 19.7 Å². The van der Waals surface area contributed by atoms with E-state index in [9.17, 15) is 4.39 Å². The van der Waals surface area contributed by atoms with Crippen LogP contribution >= 0.6 is 11.8 Å². The topological polar surface area (TPSA) is 62.1 Å². The smallest absolute Gasteiger partial charge is 0.191 e. The molecule has 0 N–H and O–H groups in total. The van der Waals surface area contributed by atoms with Gasteiger partial charge in [-0.05, 0) is 47.5 Å². The van der Waals surface area contributed by atoms with E-state index in [0.29, 0.717) is 19.8 Å². The SMILES string of the molecule is COCCn1c(SCc2ccc(OCc3ccc(F)cc3)cc2)nnc1-c1ccncc1. The molecule has 8 heteroatoms. The number of rotatable bonds is 10. The Hall–Kier alpha value is -3.23. The summed E-state index contributed by atoms with van der Waals surface area (Å²) >= 11 is 1.63. The first-order valence-corrected chi connectivity index (χ1v) is 11.1. The standard InChI is InChI=1S/C24H23FN4O2S/c1-30-15-14-29-23(20-10-12-26-13-11-20)27-28-24(29)32-17-19-4-8-22(9-5-19)31-16-18-2-6-21(25)7-3-18/h2-13H,14-17H2,1H3. The molecule has 0 aliphatic rings. The van der Waals surface area contributed by atoms with Gasteiger partial charge in [0.05, 0.1) is 13.2 Å². The number of thioether (sulfide) groups is 1. The quantitative estimate of drug-likeness (QED) is 0.317. The minimum atomic E-state index is -0.249. The molecule has 0 saturated heterocycles. The van der Waals surface area contributed by atoms with Gasteiger partial charge in [0.25, 0.3) is 0 Å². The maximum absolute atomic E-state index is 13.0. The summed E-state index contributed by atoms with van der Waals surface area (Å²) in [5, 5.41) is 9.62. The molecule has 32 heavy (non-hydrogen) atoms. The van der Waals surface area contributed by atoms with Crippen LogP contribution in [0.1, 0.15) is 11.1 Å². The van der Waals surface area contributed by atoms with Crippen LogP contribution in [0, 0.1) is 5.82 Å². The normalized spacial score (nSPS) is 10.9. The van der Waals surface area contributed by atoms with Crippen LogP contribution in [0.3, 0.4) is 0 Å². The summed E-state index contributed by atoms with van der Waals surface area (Å²) in [6, 6.07) is 18.1. The summed E-state index contributed by atoms with van der Waals surface area (Å²) in [5.41, 5.74) is 3.04. The number of aromatic nitrogens is 4. The summed E-state index contributed by atoms with van der Waals surface area (Å²) in [4.78, 5) is 4.07. The molecule has 0 unspecified atom stereocenters. The minimum Gasteiger partial charge on any atom is -0.489 e. The van der Waals surface area contributed by atoms with Gasteiger partial charge in [-0.1, -0.05) is 36.0 Å². The van der Waals surface area contributed by atoms with E-state index in [2.05, 4.69) is 19.7 Å². The predicted molar refractivity (Wildman–Crippen MR) is 122 cm³/mol. The Bertz CT molecular complexity index is 1120. The number of pyridine rings is 1. The average molecular weight is 451 g/mol. The Morgan fingerprint density at radius 3 is 2.34 bits per heavy atom. The highest BCUT2D eigenvalue weighted by molar-refractivity contribution is 7.98. The number of hydrogen-bond acceptors (Lipinski definition) is 6. The molecule has 0 bridgehead atoms. The molecule has 0 amide bonds. The van der Waals surface area contributed by atoms with E-state index in [1.165, 1.54) is 12.1 Å². The van der Waals surface area contributed by atoms with Crippen LogP contribution in [0.25, 0.3) is 11.4 Å². The van der Waals surface area contributed by atoms with Crippen molar-refractivity contribution in [3.63, 3.8) is 0 Å². The summed E-state index contributed by atoms with van der Waals surface area (Å²) in [6.07, 6.45) is 3.49. The third kappa shape index (κ3) is 5.72. The number of halogens is 1. The number of benzene rings is 2. The first-order valence-electron chi connectivity index (χ1n) is 10.1. The molecule has 2 heterocycles. The predicted octanol–water partition coefficient (Wildman–Crippen LogP) is 5.00. The Kier molecular flexibility index (Phi) is 7.47. The van der Waals surface area contributed by atoms with Crippen molar-refractivity contribution in [2.75, 3.05) is 13.7 Å². The third-order valence-corrected chi connectivity index (χ3v) is 5.82. The van der Waals surface area contributed by atoms with Crippen LogP contribution in [0.15, 0.2) is 78.2 Å². The van der Waals surface area contributed by atoms with Gasteiger partial charge in [0.15, 0.2) is 11.0 Å². The Labute approximate surface area is 190 Å². The fourth-order valence-electron chi connectivity index (χ4n) is 3.07. The van der Waals surface area contributed by atoms with E-state index in [1.54, 1.807) is 43.4 Å². The van der Waals surface area contributed by atoms with Crippen molar-refractivity contribution in [1.29, 1.82) is 0 Å². The van der Waals surface area contributed by atoms with E-state index in [-0.39, 0.29) is 5.82 Å². The Morgan fingerprint density at radius 1 is 0.906 bits per heavy atom. The minimum absolute atomic E-state index is 0.249. The average Bonchev–Trinajstić information content (AvgIpc) is 3.25. The van der Waals surface area contributed by atoms with Gasteiger partial charge in [-0.15, -0.1) is 10.2 Å². The molecule has 0 aliphatic carbocycles. The zero-order valence-electron chi connectivity index (χ0n) is 17.6. The fraction of sp³-hybridized carbons (Fsp3) is 0.208. The molecule has 0 saturated carbocycles. The van der Waals surface area contributed by atoms with Crippen LogP contribution in [0.5, 0.6) is 5.75 Å². The Morgan fingerprint density at radius 2 is 1.62 bits per heavy atom. The molecule has 2 aromatic heterocycles. The highest BCUT2D eigenvalue weighted by atomic mass is 32.2. The van der Waals surface area contributed by atoms with Gasteiger partial charge in [-0.25, -0.2) is 4.39 Å². The maximum Gasteiger partial charge on any atom is 0.191 e. The molecule has 6 nitrogen and oxygen atoms in total. The second-order valence-corrected chi connectivity index (χ2v) is 7.98. The van der Waals surface area contributed by atoms with Crippen molar-refractivity contribution in [2.24, 2.45) is 0 Å². The largest absolute Gasteiger partial charge is 0.489 e. The van der Waals surface area contributed by atoms with Crippen LogP contribution in [-0.4, -0.2) is 33.5 Å². The van der Waals surface area contributed by atoms with Gasteiger partial charge in [-0.2, -0.15) is 0 Å². The molecule has 0 atom stereocenters. The molecule has 4 aromatic rings. The second kappa shape index (κ2) is 10.9. The number of hydrogen-bond donors (Lipinski definition) is 0. The maximum atomic E-state index is 13.0. The van der Waals surface area contributed by atoms with Crippen molar-refractivity contribution >= 4 is 11.8 Å². The van der Waals surface area contributed by atoms with Crippen molar-refractivity contribution in [3.05, 3.63) is 90.0 Å². The van der Waals surface area contributed by atoms with Gasteiger partial charge in [0.1, 0.15) is 18.2 Å². The van der Waals surface area contributed by atoms with Crippen LogP contribution in [0.2, 0.25) is 0 Å². The van der Waals surface area contributed by atoms with E-state index < -0.39 is 0 Å². The van der Waals surface area contributed by atoms with Gasteiger partial charge < -0.3 is 9.47 Å². The number of ether oxygens (including phenoxy) is 2. The lowest BCUT2D eigenvalue weighted by Gasteiger charge is -2.10. The summed E-state index contributed by atoms with van der Waals surface area (Å²) in [5.74, 6) is 2.07. The lowest BCUT2D eigenvalue weighted by atomic mass is 10.2. The van der Waals surface area contributed by atoms with Crippen LogP contribution < -0.4 is 4.74 Å².